The van der Waals surface area contributed by atoms with Gasteiger partial charge in [-0.1, -0.05) is 13.3 Å². The molecule has 0 bridgehead atoms. The van der Waals surface area contributed by atoms with Crippen molar-refractivity contribution >= 4 is 9.84 Å². The molecule has 1 heterocycles. The summed E-state index contributed by atoms with van der Waals surface area (Å²) in [6.45, 7) is 2.57. The lowest BCUT2D eigenvalue weighted by Crippen LogP contribution is -2.41. The van der Waals surface area contributed by atoms with Crippen LogP contribution in [0.2, 0.25) is 0 Å². The molecule has 2 atom stereocenters. The van der Waals surface area contributed by atoms with E-state index in [1.54, 1.807) is 0 Å². The third-order valence-electron chi connectivity index (χ3n) is 3.86. The van der Waals surface area contributed by atoms with Gasteiger partial charge in [-0.15, -0.1) is 0 Å². The first kappa shape index (κ1) is 16.4. The summed E-state index contributed by atoms with van der Waals surface area (Å²) in [7, 11) is -3.23. The molecule has 21 heavy (non-hydrogen) atoms. The molecule has 1 aliphatic rings. The Labute approximate surface area is 124 Å². The average Bonchev–Trinajstić information content (AvgIpc) is 2.39. The third-order valence-corrected chi connectivity index (χ3v) is 6.15. The molecule has 0 amide bonds. The Morgan fingerprint density at radius 2 is 1.90 bits per heavy atom. The molecule has 0 saturated carbocycles. The van der Waals surface area contributed by atoms with Gasteiger partial charge in [-0.3, -0.25) is 0 Å². The van der Waals surface area contributed by atoms with Crippen molar-refractivity contribution in [1.82, 2.24) is 5.32 Å². The summed E-state index contributed by atoms with van der Waals surface area (Å²) in [4.78, 5) is 0. The van der Waals surface area contributed by atoms with Crippen molar-refractivity contribution in [1.29, 1.82) is 0 Å². The normalized spacial score (nSPS) is 22.9. The molecule has 1 N–H and O–H groups in total. The standard InChI is InChI=1S/C15H21F2NO2S/c1-2-6-18-15(11-8-12(16)10-13(17)9-11)14-5-3-4-7-21(14,19)20/h8-10,14-15,18H,2-7H2,1H3. The lowest BCUT2D eigenvalue weighted by molar-refractivity contribution is 0.442. The Kier molecular flexibility index (Phi) is 5.32. The largest absolute Gasteiger partial charge is 0.309 e. The van der Waals surface area contributed by atoms with Gasteiger partial charge in [0.15, 0.2) is 9.84 Å². The van der Waals surface area contributed by atoms with Crippen LogP contribution in [-0.4, -0.2) is 26.0 Å². The topological polar surface area (TPSA) is 46.2 Å². The molecule has 2 rings (SSSR count). The lowest BCUT2D eigenvalue weighted by Gasteiger charge is -2.31. The van der Waals surface area contributed by atoms with E-state index in [4.69, 9.17) is 0 Å². The first-order chi connectivity index (χ1) is 9.94. The molecule has 0 aliphatic carbocycles. The lowest BCUT2D eigenvalue weighted by atomic mass is 9.99. The van der Waals surface area contributed by atoms with Crippen LogP contribution in [0.4, 0.5) is 8.78 Å². The highest BCUT2D eigenvalue weighted by Crippen LogP contribution is 2.31. The Bertz CT molecular complexity index is 569. The molecule has 1 aromatic carbocycles. The molecule has 118 valence electrons. The summed E-state index contributed by atoms with van der Waals surface area (Å²) in [5, 5.41) is 2.54. The molecule has 1 aromatic rings. The van der Waals surface area contributed by atoms with E-state index in [-0.39, 0.29) is 5.75 Å². The Hall–Kier alpha value is -1.01. The van der Waals surface area contributed by atoms with E-state index in [0.717, 1.165) is 18.9 Å². The molecular formula is C15H21F2NO2S. The average molecular weight is 317 g/mol. The Balaban J connectivity index is 2.37. The quantitative estimate of drug-likeness (QED) is 0.908. The van der Waals surface area contributed by atoms with Crippen LogP contribution in [0.1, 0.15) is 44.2 Å². The second-order valence-corrected chi connectivity index (χ2v) is 7.88. The first-order valence-corrected chi connectivity index (χ1v) is 9.06. The number of rotatable bonds is 5. The summed E-state index contributed by atoms with van der Waals surface area (Å²) < 4.78 is 51.5. The van der Waals surface area contributed by atoms with Gasteiger partial charge in [0.25, 0.3) is 0 Å². The van der Waals surface area contributed by atoms with Crippen molar-refractivity contribution in [3.63, 3.8) is 0 Å². The molecule has 0 spiro atoms. The fraction of sp³-hybridized carbons (Fsp3) is 0.600. The zero-order valence-electron chi connectivity index (χ0n) is 12.1. The number of hydrogen-bond donors (Lipinski definition) is 1. The molecule has 2 unspecified atom stereocenters. The van der Waals surface area contributed by atoms with Crippen molar-refractivity contribution in [3.05, 3.63) is 35.4 Å². The van der Waals surface area contributed by atoms with Gasteiger partial charge in [-0.2, -0.15) is 0 Å². The van der Waals surface area contributed by atoms with E-state index < -0.39 is 32.8 Å². The van der Waals surface area contributed by atoms with Gasteiger partial charge in [0, 0.05) is 12.1 Å². The SMILES string of the molecule is CCCNC(c1cc(F)cc(F)c1)C1CCCCS1(=O)=O. The number of halogens is 2. The van der Waals surface area contributed by atoms with Crippen LogP contribution in [0.25, 0.3) is 0 Å². The Morgan fingerprint density at radius 1 is 1.24 bits per heavy atom. The van der Waals surface area contributed by atoms with Crippen LogP contribution in [0.5, 0.6) is 0 Å². The van der Waals surface area contributed by atoms with E-state index in [1.165, 1.54) is 12.1 Å². The molecule has 3 nitrogen and oxygen atoms in total. The van der Waals surface area contributed by atoms with E-state index in [0.29, 0.717) is 24.9 Å². The van der Waals surface area contributed by atoms with Gasteiger partial charge in [-0.25, -0.2) is 17.2 Å². The smallest absolute Gasteiger partial charge is 0.155 e. The second kappa shape index (κ2) is 6.83. The minimum atomic E-state index is -3.23. The van der Waals surface area contributed by atoms with Crippen LogP contribution < -0.4 is 5.32 Å². The molecule has 0 aromatic heterocycles. The predicted molar refractivity (Wildman–Crippen MR) is 78.8 cm³/mol. The summed E-state index contributed by atoms with van der Waals surface area (Å²) in [5.41, 5.74) is 0.372. The van der Waals surface area contributed by atoms with E-state index >= 15 is 0 Å². The van der Waals surface area contributed by atoms with Crippen molar-refractivity contribution < 1.29 is 17.2 Å². The number of sulfone groups is 1. The van der Waals surface area contributed by atoms with Crippen LogP contribution in [0.3, 0.4) is 0 Å². The zero-order chi connectivity index (χ0) is 15.5. The number of benzene rings is 1. The highest BCUT2D eigenvalue weighted by molar-refractivity contribution is 7.92. The van der Waals surface area contributed by atoms with E-state index in [2.05, 4.69) is 5.32 Å². The van der Waals surface area contributed by atoms with Gasteiger partial charge < -0.3 is 5.32 Å². The maximum absolute atomic E-state index is 13.5. The van der Waals surface area contributed by atoms with Gasteiger partial charge in [0.2, 0.25) is 0 Å². The van der Waals surface area contributed by atoms with Gasteiger partial charge >= 0.3 is 0 Å². The molecule has 1 aliphatic heterocycles. The van der Waals surface area contributed by atoms with Gasteiger partial charge in [0.1, 0.15) is 11.6 Å². The molecule has 0 radical (unpaired) electrons. The van der Waals surface area contributed by atoms with Crippen LogP contribution in [0, 0.1) is 11.6 Å². The fourth-order valence-electron chi connectivity index (χ4n) is 2.87. The fourth-order valence-corrected chi connectivity index (χ4v) is 4.98. The molecule has 1 fully saturated rings. The molecule has 6 heteroatoms. The summed E-state index contributed by atoms with van der Waals surface area (Å²) in [5.74, 6) is -1.21. The van der Waals surface area contributed by atoms with Crippen LogP contribution >= 0.6 is 0 Å². The summed E-state index contributed by atoms with van der Waals surface area (Å²) in [6.07, 6.45) is 2.84. The van der Waals surface area contributed by atoms with Crippen molar-refractivity contribution in [2.24, 2.45) is 0 Å². The zero-order valence-corrected chi connectivity index (χ0v) is 12.9. The van der Waals surface area contributed by atoms with Crippen molar-refractivity contribution in [3.8, 4) is 0 Å². The van der Waals surface area contributed by atoms with Crippen LogP contribution in [0.15, 0.2) is 18.2 Å². The predicted octanol–water partition coefficient (Wildman–Crippen LogP) is 2.97. The first-order valence-electron chi connectivity index (χ1n) is 7.35. The van der Waals surface area contributed by atoms with Gasteiger partial charge in [0.05, 0.1) is 11.0 Å². The van der Waals surface area contributed by atoms with E-state index in [1.807, 2.05) is 6.92 Å². The highest BCUT2D eigenvalue weighted by Gasteiger charge is 2.36. The molecular weight excluding hydrogens is 296 g/mol. The van der Waals surface area contributed by atoms with Crippen LogP contribution in [-0.2, 0) is 9.84 Å². The minimum absolute atomic E-state index is 0.153. The Morgan fingerprint density at radius 3 is 2.48 bits per heavy atom. The number of nitrogens with one attached hydrogen (secondary N) is 1. The van der Waals surface area contributed by atoms with Gasteiger partial charge in [-0.05, 0) is 43.5 Å². The highest BCUT2D eigenvalue weighted by atomic mass is 32.2. The molecule has 1 saturated heterocycles. The maximum atomic E-state index is 13.5. The van der Waals surface area contributed by atoms with Crippen molar-refractivity contribution in [2.45, 2.75) is 43.9 Å². The summed E-state index contributed by atoms with van der Waals surface area (Å²) >= 11 is 0. The maximum Gasteiger partial charge on any atom is 0.155 e. The third kappa shape index (κ3) is 4.01. The van der Waals surface area contributed by atoms with E-state index in [9.17, 15) is 17.2 Å². The van der Waals surface area contributed by atoms with Crippen molar-refractivity contribution in [2.75, 3.05) is 12.3 Å². The second-order valence-electron chi connectivity index (χ2n) is 5.54. The minimum Gasteiger partial charge on any atom is -0.309 e. The number of hydrogen-bond acceptors (Lipinski definition) is 3. The monoisotopic (exact) mass is 317 g/mol. The summed E-state index contributed by atoms with van der Waals surface area (Å²) in [6, 6.07) is 2.69.